The van der Waals surface area contributed by atoms with E-state index in [1.165, 1.54) is 20.3 Å². The van der Waals surface area contributed by atoms with E-state index < -0.39 is 0 Å². The highest BCUT2D eigenvalue weighted by Crippen LogP contribution is 2.29. The summed E-state index contributed by atoms with van der Waals surface area (Å²) < 4.78 is 17.9. The molecule has 36 heavy (non-hydrogen) atoms. The van der Waals surface area contributed by atoms with Crippen LogP contribution in [0.1, 0.15) is 15.9 Å². The van der Waals surface area contributed by atoms with Crippen molar-refractivity contribution in [1.29, 1.82) is 0 Å². The van der Waals surface area contributed by atoms with Gasteiger partial charge in [-0.3, -0.25) is 19.3 Å². The van der Waals surface area contributed by atoms with Crippen molar-refractivity contribution in [3.8, 4) is 17.2 Å². The summed E-state index contributed by atoms with van der Waals surface area (Å²) in [5.41, 5.74) is 1.93. The van der Waals surface area contributed by atoms with Crippen molar-refractivity contribution < 1.29 is 23.8 Å². The Labute approximate surface area is 207 Å². The Bertz CT molecular complexity index is 1340. The molecule has 10 heteroatoms. The molecule has 2 heterocycles. The lowest BCUT2D eigenvalue weighted by molar-refractivity contribution is -0.118. The molecule has 2 amide bonds. The van der Waals surface area contributed by atoms with Crippen LogP contribution in [0.15, 0.2) is 79.3 Å². The molecule has 2 aromatic heterocycles. The Hall–Kier alpha value is -4.86. The molecule has 10 nitrogen and oxygen atoms in total. The molecule has 0 saturated heterocycles. The van der Waals surface area contributed by atoms with Crippen LogP contribution in [0.4, 0.5) is 11.5 Å². The Morgan fingerprint density at radius 2 is 1.67 bits per heavy atom. The van der Waals surface area contributed by atoms with Crippen molar-refractivity contribution in [2.45, 2.75) is 6.54 Å². The molecule has 0 radical (unpaired) electrons. The monoisotopic (exact) mass is 487 g/mol. The molecular formula is C26H25N5O5. The zero-order chi connectivity index (χ0) is 25.3. The summed E-state index contributed by atoms with van der Waals surface area (Å²) in [6.45, 7) is 0.303. The maximum Gasteiger partial charge on any atom is 0.262 e. The molecular weight excluding hydrogens is 462 g/mol. The zero-order valence-corrected chi connectivity index (χ0v) is 19.8. The minimum Gasteiger partial charge on any atom is -0.495 e. The van der Waals surface area contributed by atoms with Crippen molar-refractivity contribution in [2.24, 2.45) is 0 Å². The van der Waals surface area contributed by atoms with Crippen LogP contribution in [0.5, 0.6) is 17.2 Å². The number of benzene rings is 2. The van der Waals surface area contributed by atoms with Gasteiger partial charge in [-0.25, -0.2) is 0 Å². The third-order valence-corrected chi connectivity index (χ3v) is 5.14. The van der Waals surface area contributed by atoms with Crippen molar-refractivity contribution in [3.05, 3.63) is 90.4 Å². The predicted molar refractivity (Wildman–Crippen MR) is 134 cm³/mol. The quantitative estimate of drug-likeness (QED) is 0.351. The van der Waals surface area contributed by atoms with Crippen LogP contribution < -0.4 is 24.8 Å². The molecule has 184 valence electrons. The van der Waals surface area contributed by atoms with Gasteiger partial charge >= 0.3 is 0 Å². The summed E-state index contributed by atoms with van der Waals surface area (Å²) in [6.07, 6.45) is 5.22. The first kappa shape index (κ1) is 24.3. The maximum atomic E-state index is 12.7. The Morgan fingerprint density at radius 3 is 2.44 bits per heavy atom. The average molecular weight is 488 g/mol. The number of nitrogens with zero attached hydrogens (tertiary/aromatic N) is 3. The fraction of sp³-hybridized carbons (Fsp3) is 0.154. The summed E-state index contributed by atoms with van der Waals surface area (Å²) in [6, 6.07) is 17.3. The number of aromatic nitrogens is 3. The number of hydrogen-bond acceptors (Lipinski definition) is 7. The minimum atomic E-state index is -0.370. The van der Waals surface area contributed by atoms with E-state index in [-0.39, 0.29) is 18.4 Å². The molecule has 2 N–H and O–H groups in total. The molecule has 2 aromatic carbocycles. The van der Waals surface area contributed by atoms with E-state index in [1.807, 2.05) is 18.2 Å². The second-order valence-electron chi connectivity index (χ2n) is 7.61. The number of pyridine rings is 1. The van der Waals surface area contributed by atoms with Gasteiger partial charge in [-0.15, -0.1) is 0 Å². The van der Waals surface area contributed by atoms with Crippen LogP contribution in [0.3, 0.4) is 0 Å². The highest BCUT2D eigenvalue weighted by Gasteiger charge is 2.14. The normalized spacial score (nSPS) is 10.4. The van der Waals surface area contributed by atoms with E-state index in [0.29, 0.717) is 40.9 Å². The Morgan fingerprint density at radius 1 is 0.889 bits per heavy atom. The second-order valence-corrected chi connectivity index (χ2v) is 7.61. The average Bonchev–Trinajstić information content (AvgIpc) is 3.34. The first-order valence-electron chi connectivity index (χ1n) is 11.0. The van der Waals surface area contributed by atoms with Gasteiger partial charge < -0.3 is 24.8 Å². The molecule has 0 aliphatic rings. The molecule has 0 fully saturated rings. The van der Waals surface area contributed by atoms with Gasteiger partial charge in [0.1, 0.15) is 5.75 Å². The van der Waals surface area contributed by atoms with Gasteiger partial charge in [0.2, 0.25) is 0 Å². The van der Waals surface area contributed by atoms with Gasteiger partial charge in [-0.05, 0) is 48.0 Å². The molecule has 0 unspecified atom stereocenters. The van der Waals surface area contributed by atoms with Crippen molar-refractivity contribution in [1.82, 2.24) is 14.8 Å². The number of ether oxygens (including phenoxy) is 3. The van der Waals surface area contributed by atoms with E-state index in [2.05, 4.69) is 20.7 Å². The Balaban J connectivity index is 1.35. The first-order valence-corrected chi connectivity index (χ1v) is 11.0. The van der Waals surface area contributed by atoms with E-state index in [4.69, 9.17) is 14.2 Å². The second kappa shape index (κ2) is 11.5. The predicted octanol–water partition coefficient (Wildman–Crippen LogP) is 3.61. The molecule has 4 aromatic rings. The van der Waals surface area contributed by atoms with Crippen LogP contribution in [0.2, 0.25) is 0 Å². The van der Waals surface area contributed by atoms with Crippen molar-refractivity contribution >= 4 is 23.3 Å². The van der Waals surface area contributed by atoms with Crippen LogP contribution in [-0.2, 0) is 11.3 Å². The van der Waals surface area contributed by atoms with E-state index in [1.54, 1.807) is 59.7 Å². The fourth-order valence-electron chi connectivity index (χ4n) is 3.39. The van der Waals surface area contributed by atoms with Crippen molar-refractivity contribution in [3.63, 3.8) is 0 Å². The molecule has 0 saturated carbocycles. The number of carbonyl (C=O) groups excluding carboxylic acids is 2. The first-order chi connectivity index (χ1) is 17.6. The van der Waals surface area contributed by atoms with E-state index >= 15 is 0 Å². The van der Waals surface area contributed by atoms with Crippen LogP contribution in [0, 0.1) is 0 Å². The molecule has 0 aliphatic carbocycles. The third kappa shape index (κ3) is 6.17. The number of methoxy groups -OCH3 is 2. The van der Waals surface area contributed by atoms with Crippen LogP contribution >= 0.6 is 0 Å². The van der Waals surface area contributed by atoms with Gasteiger partial charge in [0.15, 0.2) is 23.9 Å². The number of amides is 2. The molecule has 0 aliphatic heterocycles. The van der Waals surface area contributed by atoms with E-state index in [9.17, 15) is 9.59 Å². The number of hydrogen-bond donors (Lipinski definition) is 2. The highest BCUT2D eigenvalue weighted by molar-refractivity contribution is 6.04. The summed E-state index contributed by atoms with van der Waals surface area (Å²) in [5, 5.41) is 9.89. The minimum absolute atomic E-state index is 0.255. The van der Waals surface area contributed by atoms with E-state index in [0.717, 1.165) is 5.56 Å². The Kier molecular flexibility index (Phi) is 7.76. The lowest BCUT2D eigenvalue weighted by atomic mass is 10.2. The van der Waals surface area contributed by atoms with Crippen LogP contribution in [0.25, 0.3) is 0 Å². The molecule has 0 spiro atoms. The van der Waals surface area contributed by atoms with Crippen LogP contribution in [-0.4, -0.2) is 47.4 Å². The van der Waals surface area contributed by atoms with Gasteiger partial charge in [0, 0.05) is 30.2 Å². The SMILES string of the molecule is COc1ccccc1NC(=O)COc1ccc(C(=O)Nc2ccn(Cc3ccncc3)n2)cc1OC. The molecule has 4 rings (SSSR count). The lowest BCUT2D eigenvalue weighted by Gasteiger charge is -2.13. The topological polar surface area (TPSA) is 117 Å². The lowest BCUT2D eigenvalue weighted by Crippen LogP contribution is -2.20. The standard InChI is InChI=1S/C26H25N5O5/c1-34-21-6-4-3-5-20(21)28-25(32)17-36-22-8-7-19(15-23(22)35-2)26(33)29-24-11-14-31(30-24)16-18-9-12-27-13-10-18/h3-15H,16-17H2,1-2H3,(H,28,32)(H,29,30,33). The van der Waals surface area contributed by atoms with Gasteiger partial charge in [-0.1, -0.05) is 12.1 Å². The largest absolute Gasteiger partial charge is 0.495 e. The van der Waals surface area contributed by atoms with Gasteiger partial charge in [0.05, 0.1) is 26.5 Å². The smallest absolute Gasteiger partial charge is 0.262 e. The summed E-state index contributed by atoms with van der Waals surface area (Å²) in [5.74, 6) is 0.873. The van der Waals surface area contributed by atoms with Gasteiger partial charge in [0.25, 0.3) is 11.8 Å². The molecule has 0 atom stereocenters. The van der Waals surface area contributed by atoms with Crippen molar-refractivity contribution in [2.75, 3.05) is 31.5 Å². The summed E-state index contributed by atoms with van der Waals surface area (Å²) in [7, 11) is 2.98. The summed E-state index contributed by atoms with van der Waals surface area (Å²) in [4.78, 5) is 29.1. The highest BCUT2D eigenvalue weighted by atomic mass is 16.5. The number of anilines is 2. The fourth-order valence-corrected chi connectivity index (χ4v) is 3.39. The number of rotatable bonds is 10. The zero-order valence-electron chi connectivity index (χ0n) is 19.8. The number of carbonyl (C=O) groups is 2. The molecule has 0 bridgehead atoms. The summed E-state index contributed by atoms with van der Waals surface area (Å²) >= 11 is 0. The van der Waals surface area contributed by atoms with Gasteiger partial charge in [-0.2, -0.15) is 5.10 Å². The third-order valence-electron chi connectivity index (χ3n) is 5.14. The number of nitrogens with one attached hydrogen (secondary N) is 2. The maximum absolute atomic E-state index is 12.7. The number of para-hydroxylation sites is 2.